The van der Waals surface area contributed by atoms with Gasteiger partial charge in [-0.2, -0.15) is 0 Å². The van der Waals surface area contributed by atoms with Crippen LogP contribution in [0.3, 0.4) is 0 Å². The molecule has 2 amide bonds. The van der Waals surface area contributed by atoms with E-state index in [0.29, 0.717) is 23.5 Å². The summed E-state index contributed by atoms with van der Waals surface area (Å²) in [4.78, 5) is 30.3. The van der Waals surface area contributed by atoms with E-state index in [9.17, 15) is 9.59 Å². The van der Waals surface area contributed by atoms with Crippen molar-refractivity contribution in [1.29, 1.82) is 0 Å². The molecule has 2 aromatic rings. The van der Waals surface area contributed by atoms with E-state index >= 15 is 0 Å². The highest BCUT2D eigenvalue weighted by Gasteiger charge is 2.34. The number of rotatable bonds is 6. The molecule has 1 saturated heterocycles. The molecular weight excluding hydrogens is 358 g/mol. The van der Waals surface area contributed by atoms with Gasteiger partial charge in [0.1, 0.15) is 0 Å². The Hall–Kier alpha value is -2.00. The van der Waals surface area contributed by atoms with Crippen molar-refractivity contribution in [3.63, 3.8) is 0 Å². The van der Waals surface area contributed by atoms with Gasteiger partial charge in [-0.15, -0.1) is 10.2 Å². The largest absolute Gasteiger partial charge is 0.338 e. The number of carbonyl (C=O) groups excluding carboxylic acids is 2. The van der Waals surface area contributed by atoms with E-state index < -0.39 is 0 Å². The number of thioether (sulfide) groups is 1. The van der Waals surface area contributed by atoms with Gasteiger partial charge < -0.3 is 10.2 Å². The molecule has 9 heteroatoms. The maximum atomic E-state index is 12.4. The third kappa shape index (κ3) is 4.76. The molecule has 0 spiro atoms. The molecule has 1 aliphatic rings. The van der Waals surface area contributed by atoms with Crippen LogP contribution >= 0.6 is 23.1 Å². The number of likely N-dealkylation sites (tertiary alicyclic amines) is 1. The molecule has 1 atom stereocenters. The second kappa shape index (κ2) is 7.92. The van der Waals surface area contributed by atoms with Crippen LogP contribution in [0.2, 0.25) is 0 Å². The van der Waals surface area contributed by atoms with Crippen molar-refractivity contribution in [2.45, 2.75) is 36.4 Å². The third-order valence-corrected chi connectivity index (χ3v) is 5.61. The topological polar surface area (TPSA) is 88.1 Å². The molecule has 132 valence electrons. The van der Waals surface area contributed by atoms with Crippen molar-refractivity contribution in [3.8, 4) is 0 Å². The highest BCUT2D eigenvalue weighted by molar-refractivity contribution is 8.01. The fourth-order valence-electron chi connectivity index (χ4n) is 2.53. The number of nitrogens with zero attached hydrogens (tertiary/aromatic N) is 4. The molecule has 0 aliphatic carbocycles. The maximum Gasteiger partial charge on any atom is 0.231 e. The molecule has 1 unspecified atom stereocenters. The molecule has 3 rings (SSSR count). The van der Waals surface area contributed by atoms with Crippen LogP contribution < -0.4 is 5.32 Å². The first kappa shape index (κ1) is 17.8. The number of amides is 2. The first-order chi connectivity index (χ1) is 12.0. The monoisotopic (exact) mass is 377 g/mol. The van der Waals surface area contributed by atoms with Crippen molar-refractivity contribution < 1.29 is 9.59 Å². The minimum Gasteiger partial charge on any atom is -0.338 e. The van der Waals surface area contributed by atoms with E-state index in [-0.39, 0.29) is 24.2 Å². The summed E-state index contributed by atoms with van der Waals surface area (Å²) in [5.41, 5.74) is 1.00. The zero-order chi connectivity index (χ0) is 17.8. The Morgan fingerprint density at radius 3 is 2.88 bits per heavy atom. The standard InChI is InChI=1S/C16H19N5O2S2/c1-10(2)24-16-20-19-15(25-16)18-14(23)12-7-13(22)21(9-12)8-11-3-5-17-6-4-11/h3-6,10,12H,7-9H2,1-2H3,(H,18,19,23). The van der Waals surface area contributed by atoms with Crippen molar-refractivity contribution in [2.75, 3.05) is 11.9 Å². The molecule has 7 nitrogen and oxygen atoms in total. The first-order valence-electron chi connectivity index (χ1n) is 7.99. The Kier molecular flexibility index (Phi) is 5.64. The highest BCUT2D eigenvalue weighted by Crippen LogP contribution is 2.29. The van der Waals surface area contributed by atoms with E-state index in [1.54, 1.807) is 29.1 Å². The summed E-state index contributed by atoms with van der Waals surface area (Å²) in [5, 5.41) is 11.7. The van der Waals surface area contributed by atoms with Crippen LogP contribution in [-0.4, -0.2) is 43.7 Å². The lowest BCUT2D eigenvalue weighted by Crippen LogP contribution is -2.28. The Morgan fingerprint density at radius 2 is 2.16 bits per heavy atom. The van der Waals surface area contributed by atoms with E-state index in [0.717, 1.165) is 9.90 Å². The quantitative estimate of drug-likeness (QED) is 0.614. The molecule has 1 aliphatic heterocycles. The molecule has 0 radical (unpaired) electrons. The van der Waals surface area contributed by atoms with Crippen LogP contribution in [0.25, 0.3) is 0 Å². The van der Waals surface area contributed by atoms with Crippen LogP contribution in [0.15, 0.2) is 28.9 Å². The van der Waals surface area contributed by atoms with E-state index in [4.69, 9.17) is 0 Å². The molecule has 0 aromatic carbocycles. The van der Waals surface area contributed by atoms with Gasteiger partial charge in [0.25, 0.3) is 0 Å². The fourth-order valence-corrected chi connectivity index (χ4v) is 4.50. The zero-order valence-electron chi connectivity index (χ0n) is 14.0. The molecule has 25 heavy (non-hydrogen) atoms. The fraction of sp³-hybridized carbons (Fsp3) is 0.438. The van der Waals surface area contributed by atoms with Crippen LogP contribution in [0.1, 0.15) is 25.8 Å². The van der Waals surface area contributed by atoms with Crippen LogP contribution in [0.4, 0.5) is 5.13 Å². The van der Waals surface area contributed by atoms with Gasteiger partial charge in [-0.3, -0.25) is 14.6 Å². The Balaban J connectivity index is 1.56. The van der Waals surface area contributed by atoms with Crippen molar-refractivity contribution in [3.05, 3.63) is 30.1 Å². The summed E-state index contributed by atoms with van der Waals surface area (Å²) < 4.78 is 0.826. The van der Waals surface area contributed by atoms with Gasteiger partial charge in [-0.1, -0.05) is 36.9 Å². The molecular formula is C16H19N5O2S2. The van der Waals surface area contributed by atoms with Gasteiger partial charge in [-0.05, 0) is 17.7 Å². The lowest BCUT2D eigenvalue weighted by atomic mass is 10.1. The van der Waals surface area contributed by atoms with Crippen LogP contribution in [0.5, 0.6) is 0 Å². The van der Waals surface area contributed by atoms with Gasteiger partial charge in [0.15, 0.2) is 4.34 Å². The number of pyridine rings is 1. The van der Waals surface area contributed by atoms with Crippen molar-refractivity contribution in [1.82, 2.24) is 20.1 Å². The Labute approximate surface area is 154 Å². The summed E-state index contributed by atoms with van der Waals surface area (Å²) in [7, 11) is 0. The summed E-state index contributed by atoms with van der Waals surface area (Å²) in [6, 6.07) is 3.74. The first-order valence-corrected chi connectivity index (χ1v) is 9.68. The minimum atomic E-state index is -0.362. The molecule has 0 bridgehead atoms. The smallest absolute Gasteiger partial charge is 0.231 e. The Bertz CT molecular complexity index is 750. The number of anilines is 1. The summed E-state index contributed by atoms with van der Waals surface area (Å²) >= 11 is 2.96. The minimum absolute atomic E-state index is 0.00900. The Morgan fingerprint density at radius 1 is 1.40 bits per heavy atom. The van der Waals surface area contributed by atoms with Gasteiger partial charge in [0.2, 0.25) is 16.9 Å². The number of carbonyl (C=O) groups is 2. The van der Waals surface area contributed by atoms with Crippen molar-refractivity contribution in [2.24, 2.45) is 5.92 Å². The molecule has 0 saturated carbocycles. The van der Waals surface area contributed by atoms with E-state index in [1.165, 1.54) is 11.3 Å². The zero-order valence-corrected chi connectivity index (χ0v) is 15.6. The number of hydrogen-bond donors (Lipinski definition) is 1. The van der Waals surface area contributed by atoms with Gasteiger partial charge >= 0.3 is 0 Å². The van der Waals surface area contributed by atoms with Crippen LogP contribution in [0, 0.1) is 5.92 Å². The summed E-state index contributed by atoms with van der Waals surface area (Å²) in [6.45, 7) is 5.07. The number of aromatic nitrogens is 3. The second-order valence-corrected chi connectivity index (χ2v) is 8.86. The second-order valence-electron chi connectivity index (χ2n) is 6.06. The predicted molar refractivity (Wildman–Crippen MR) is 97.3 cm³/mol. The average Bonchev–Trinajstić information content (AvgIpc) is 3.15. The average molecular weight is 377 g/mol. The molecule has 1 N–H and O–H groups in total. The normalized spacial score (nSPS) is 17.3. The third-order valence-electron chi connectivity index (χ3n) is 3.68. The van der Waals surface area contributed by atoms with Gasteiger partial charge in [-0.25, -0.2) is 0 Å². The SMILES string of the molecule is CC(C)Sc1nnc(NC(=O)C2CC(=O)N(Cc3ccncc3)C2)s1. The van der Waals surface area contributed by atoms with Crippen molar-refractivity contribution >= 4 is 40.0 Å². The number of nitrogens with one attached hydrogen (secondary N) is 1. The van der Waals surface area contributed by atoms with Gasteiger partial charge in [0, 0.05) is 37.2 Å². The molecule has 2 aromatic heterocycles. The summed E-state index contributed by atoms with van der Waals surface area (Å²) in [5.74, 6) is -0.549. The number of hydrogen-bond acceptors (Lipinski definition) is 7. The van der Waals surface area contributed by atoms with Crippen LogP contribution in [-0.2, 0) is 16.1 Å². The lowest BCUT2D eigenvalue weighted by molar-refractivity contribution is -0.128. The van der Waals surface area contributed by atoms with Gasteiger partial charge in [0.05, 0.1) is 5.92 Å². The molecule has 1 fully saturated rings. The molecule has 3 heterocycles. The maximum absolute atomic E-state index is 12.4. The summed E-state index contributed by atoms with van der Waals surface area (Å²) in [6.07, 6.45) is 3.62. The van der Waals surface area contributed by atoms with E-state index in [1.807, 2.05) is 12.1 Å². The van der Waals surface area contributed by atoms with E-state index in [2.05, 4.69) is 34.3 Å². The predicted octanol–water partition coefficient (Wildman–Crippen LogP) is 2.42. The highest BCUT2D eigenvalue weighted by atomic mass is 32.2. The lowest BCUT2D eigenvalue weighted by Gasteiger charge is -2.16.